The summed E-state index contributed by atoms with van der Waals surface area (Å²) in [7, 11) is 0. The van der Waals surface area contributed by atoms with Crippen LogP contribution in [0, 0.1) is 0 Å². The predicted octanol–water partition coefficient (Wildman–Crippen LogP) is 14.7. The maximum absolute atomic E-state index is 2.55. The third kappa shape index (κ3) is 5.26. The summed E-state index contributed by atoms with van der Waals surface area (Å²) in [5.41, 5.74) is 17.6. The largest absolute Gasteiger partial charge is 0.334 e. The van der Waals surface area contributed by atoms with Crippen LogP contribution in [-0.2, 0) is 10.8 Å². The van der Waals surface area contributed by atoms with E-state index in [2.05, 4.69) is 235 Å². The Morgan fingerprint density at radius 2 is 1.13 bits per heavy atom. The van der Waals surface area contributed by atoms with Gasteiger partial charge in [0, 0.05) is 11.4 Å². The Morgan fingerprint density at radius 1 is 0.492 bits per heavy atom. The van der Waals surface area contributed by atoms with Gasteiger partial charge in [-0.05, 0) is 116 Å². The molecule has 3 atom stereocenters. The number of benzene rings is 8. The van der Waals surface area contributed by atoms with Gasteiger partial charge in [0.05, 0.1) is 16.9 Å². The maximum Gasteiger partial charge on any atom is 0.0720 e. The number of fused-ring (bicyclic) bond motifs is 6. The number of hydrogen-bond acceptors (Lipinski definition) is 1. The van der Waals surface area contributed by atoms with E-state index in [0.29, 0.717) is 0 Å². The monoisotopic (exact) mass is 779 g/mol. The van der Waals surface area contributed by atoms with Crippen molar-refractivity contribution >= 4 is 27.7 Å². The van der Waals surface area contributed by atoms with Crippen LogP contribution in [0.2, 0.25) is 0 Å². The SMILES string of the molecule is C1=CCCC(C2(c3ccc(N(c4ccc5ccccc5c4)C4C=CC(c5ccccc5)=CC4)cc3)c3ccccc3C3(c4ccccc4)c4ccccc4-c4cccc2c43)=C1. The average Bonchev–Trinajstić information content (AvgIpc) is 3.65. The molecule has 8 aromatic rings. The molecule has 0 fully saturated rings. The molecule has 4 aliphatic carbocycles. The molecule has 0 amide bonds. The first kappa shape index (κ1) is 35.7. The van der Waals surface area contributed by atoms with Crippen LogP contribution in [0.15, 0.2) is 236 Å². The molecule has 0 N–H and O–H groups in total. The van der Waals surface area contributed by atoms with Crippen LogP contribution in [0.1, 0.15) is 63.8 Å². The third-order valence-electron chi connectivity index (χ3n) is 14.0. The highest BCUT2D eigenvalue weighted by molar-refractivity contribution is 5.92. The highest BCUT2D eigenvalue weighted by Crippen LogP contribution is 2.66. The standard InChI is InChI=1S/C60H45N/c1-4-17-42(18-5-1)44-31-36-49(37-32-44)61(51-38-33-43-19-10-11-20-45(43)41-51)50-39-34-48(35-40-50)59(46-21-6-2-7-22-46)55-28-14-15-29-56(55)60(47-23-8-3-9-24-47)54-27-13-12-25-52(54)53-26-16-30-57(59)58(53)60/h1-6,8-21,23-36,38-41,49H,7,22,37H2. The van der Waals surface area contributed by atoms with Gasteiger partial charge in [-0.2, -0.15) is 0 Å². The Hall–Kier alpha value is -7.22. The number of anilines is 2. The fourth-order valence-corrected chi connectivity index (χ4v) is 11.5. The summed E-state index contributed by atoms with van der Waals surface area (Å²) >= 11 is 0. The van der Waals surface area contributed by atoms with Crippen LogP contribution in [0.25, 0.3) is 27.5 Å². The Kier molecular flexibility index (Phi) is 8.32. The molecule has 1 heteroatoms. The van der Waals surface area contributed by atoms with Gasteiger partial charge in [-0.25, -0.2) is 0 Å². The van der Waals surface area contributed by atoms with E-state index >= 15 is 0 Å². The summed E-state index contributed by atoms with van der Waals surface area (Å²) < 4.78 is 0. The number of hydrogen-bond donors (Lipinski definition) is 0. The maximum atomic E-state index is 2.55. The second-order valence-electron chi connectivity index (χ2n) is 17.0. The van der Waals surface area contributed by atoms with Crippen molar-refractivity contribution in [3.63, 3.8) is 0 Å². The second-order valence-corrected chi connectivity index (χ2v) is 17.0. The molecule has 4 aliphatic rings. The zero-order valence-corrected chi connectivity index (χ0v) is 34.1. The van der Waals surface area contributed by atoms with Gasteiger partial charge in [0.2, 0.25) is 0 Å². The molecule has 1 nitrogen and oxygen atoms in total. The predicted molar refractivity (Wildman–Crippen MR) is 255 cm³/mol. The molecule has 8 aromatic carbocycles. The average molecular weight is 780 g/mol. The summed E-state index contributed by atoms with van der Waals surface area (Å²) in [6, 6.07) is 73.2. The van der Waals surface area contributed by atoms with Gasteiger partial charge < -0.3 is 4.90 Å². The summed E-state index contributed by atoms with van der Waals surface area (Å²) in [5.74, 6) is 0. The molecule has 0 radical (unpaired) electrons. The highest BCUT2D eigenvalue weighted by atomic mass is 15.2. The van der Waals surface area contributed by atoms with Crippen LogP contribution in [-0.4, -0.2) is 6.04 Å². The summed E-state index contributed by atoms with van der Waals surface area (Å²) in [5, 5.41) is 2.50. The van der Waals surface area contributed by atoms with Crippen molar-refractivity contribution < 1.29 is 0 Å². The van der Waals surface area contributed by atoms with E-state index in [9.17, 15) is 0 Å². The van der Waals surface area contributed by atoms with Gasteiger partial charge in [0.15, 0.2) is 0 Å². The van der Waals surface area contributed by atoms with E-state index in [-0.39, 0.29) is 6.04 Å². The zero-order chi connectivity index (χ0) is 40.4. The first-order valence-corrected chi connectivity index (χ1v) is 21.8. The molecule has 0 aliphatic heterocycles. The van der Waals surface area contributed by atoms with Gasteiger partial charge in [-0.1, -0.05) is 212 Å². The van der Waals surface area contributed by atoms with Gasteiger partial charge in [0.1, 0.15) is 0 Å². The molecule has 3 unspecified atom stereocenters. The topological polar surface area (TPSA) is 3.24 Å². The number of nitrogens with zero attached hydrogens (tertiary/aromatic N) is 1. The van der Waals surface area contributed by atoms with E-state index < -0.39 is 10.8 Å². The number of rotatable bonds is 7. The van der Waals surface area contributed by atoms with Crippen molar-refractivity contribution in [2.45, 2.75) is 36.1 Å². The molecule has 0 saturated heterocycles. The molecule has 0 aromatic heterocycles. The van der Waals surface area contributed by atoms with Crippen molar-refractivity contribution in [2.75, 3.05) is 4.90 Å². The van der Waals surface area contributed by atoms with E-state index in [1.54, 1.807) is 0 Å². The first-order chi connectivity index (χ1) is 30.3. The van der Waals surface area contributed by atoms with Gasteiger partial charge >= 0.3 is 0 Å². The lowest BCUT2D eigenvalue weighted by Gasteiger charge is -2.50. The minimum Gasteiger partial charge on any atom is -0.334 e. The molecule has 0 bridgehead atoms. The van der Waals surface area contributed by atoms with Gasteiger partial charge in [-0.15, -0.1) is 0 Å². The smallest absolute Gasteiger partial charge is 0.0720 e. The fourth-order valence-electron chi connectivity index (χ4n) is 11.5. The Morgan fingerprint density at radius 3 is 1.89 bits per heavy atom. The van der Waals surface area contributed by atoms with E-state index in [4.69, 9.17) is 0 Å². The molecule has 61 heavy (non-hydrogen) atoms. The first-order valence-electron chi connectivity index (χ1n) is 21.8. The number of allylic oxidation sites excluding steroid dienone is 6. The van der Waals surface area contributed by atoms with Crippen molar-refractivity contribution in [2.24, 2.45) is 0 Å². The lowest BCUT2D eigenvalue weighted by atomic mass is 9.51. The zero-order valence-electron chi connectivity index (χ0n) is 34.1. The van der Waals surface area contributed by atoms with Crippen LogP contribution in [0.4, 0.5) is 11.4 Å². The van der Waals surface area contributed by atoms with E-state index in [1.807, 2.05) is 0 Å². The molecular formula is C60H45N. The second kappa shape index (κ2) is 14.2. The van der Waals surface area contributed by atoms with E-state index in [1.165, 1.54) is 88.9 Å². The quantitative estimate of drug-likeness (QED) is 0.156. The van der Waals surface area contributed by atoms with E-state index in [0.717, 1.165) is 19.3 Å². The van der Waals surface area contributed by atoms with Crippen molar-refractivity contribution in [1.82, 2.24) is 0 Å². The van der Waals surface area contributed by atoms with Crippen molar-refractivity contribution in [3.05, 3.63) is 281 Å². The highest BCUT2D eigenvalue weighted by Gasteiger charge is 2.57. The van der Waals surface area contributed by atoms with Gasteiger partial charge in [-0.3, -0.25) is 0 Å². The molecule has 0 saturated carbocycles. The minimum absolute atomic E-state index is 0.150. The normalized spacial score (nSPS) is 20.6. The summed E-state index contributed by atoms with van der Waals surface area (Å²) in [6.07, 6.45) is 17.1. The van der Waals surface area contributed by atoms with Crippen LogP contribution in [0.5, 0.6) is 0 Å². The van der Waals surface area contributed by atoms with Crippen LogP contribution >= 0.6 is 0 Å². The molecule has 0 heterocycles. The van der Waals surface area contributed by atoms with Crippen molar-refractivity contribution in [3.8, 4) is 11.1 Å². The lowest BCUT2D eigenvalue weighted by Crippen LogP contribution is -2.45. The molecule has 12 rings (SSSR count). The molecule has 0 spiro atoms. The Balaban J connectivity index is 1.07. The fraction of sp³-hybridized carbons (Fsp3) is 0.100. The van der Waals surface area contributed by atoms with Crippen molar-refractivity contribution in [1.29, 1.82) is 0 Å². The van der Waals surface area contributed by atoms with Crippen LogP contribution < -0.4 is 4.90 Å². The minimum atomic E-state index is -0.503. The molecule has 290 valence electrons. The molecular weight excluding hydrogens is 735 g/mol. The van der Waals surface area contributed by atoms with Gasteiger partial charge in [0.25, 0.3) is 0 Å². The Bertz CT molecular complexity index is 3110. The summed E-state index contributed by atoms with van der Waals surface area (Å²) in [4.78, 5) is 2.55. The Labute approximate surface area is 359 Å². The summed E-state index contributed by atoms with van der Waals surface area (Å²) in [6.45, 7) is 0. The third-order valence-corrected chi connectivity index (χ3v) is 14.0. The van der Waals surface area contributed by atoms with Crippen LogP contribution in [0.3, 0.4) is 0 Å². The lowest BCUT2D eigenvalue weighted by molar-refractivity contribution is 0.597.